The zero-order chi connectivity index (χ0) is 16.1. The van der Waals surface area contributed by atoms with Crippen molar-refractivity contribution in [2.24, 2.45) is 0 Å². The molecule has 22 heavy (non-hydrogen) atoms. The van der Waals surface area contributed by atoms with Gasteiger partial charge in [-0.15, -0.1) is 0 Å². The molecule has 0 unspecified atom stereocenters. The zero-order valence-corrected chi connectivity index (χ0v) is 13.9. The number of nitrogens with one attached hydrogen (secondary N) is 2. The number of benzene rings is 2. The van der Waals surface area contributed by atoms with Gasteiger partial charge in [-0.05, 0) is 48.2 Å². The third-order valence-electron chi connectivity index (χ3n) is 3.50. The maximum atomic E-state index is 12.0. The van der Waals surface area contributed by atoms with Crippen molar-refractivity contribution < 1.29 is 4.79 Å². The maximum absolute atomic E-state index is 12.0. The second-order valence-electron chi connectivity index (χ2n) is 5.64. The molecule has 2 aromatic rings. The van der Waals surface area contributed by atoms with Crippen LogP contribution in [0.5, 0.6) is 0 Å². The predicted molar refractivity (Wildman–Crippen MR) is 93.8 cm³/mol. The lowest BCUT2D eigenvalue weighted by Gasteiger charge is -2.11. The Morgan fingerprint density at radius 2 is 1.82 bits per heavy atom. The Balaban J connectivity index is 1.91. The van der Waals surface area contributed by atoms with Crippen LogP contribution >= 0.6 is 11.6 Å². The average Bonchev–Trinajstić information content (AvgIpc) is 2.49. The van der Waals surface area contributed by atoms with E-state index in [1.165, 1.54) is 5.56 Å². The molecule has 4 heteroatoms. The SMILES string of the molecule is Cc1ccc(Cl)cc1NCC(=O)Nc1ccc(C(C)C)cc1. The lowest BCUT2D eigenvalue weighted by atomic mass is 10.0. The van der Waals surface area contributed by atoms with E-state index in [1.54, 1.807) is 0 Å². The van der Waals surface area contributed by atoms with Crippen LogP contribution in [-0.4, -0.2) is 12.5 Å². The van der Waals surface area contributed by atoms with E-state index < -0.39 is 0 Å². The van der Waals surface area contributed by atoms with E-state index in [0.717, 1.165) is 16.9 Å². The first-order chi connectivity index (χ1) is 10.5. The molecular weight excluding hydrogens is 296 g/mol. The largest absolute Gasteiger partial charge is 0.376 e. The fraction of sp³-hybridized carbons (Fsp3) is 0.278. The molecule has 2 aromatic carbocycles. The van der Waals surface area contributed by atoms with Gasteiger partial charge in [0, 0.05) is 16.4 Å². The molecule has 0 spiro atoms. The highest BCUT2D eigenvalue weighted by atomic mass is 35.5. The fourth-order valence-electron chi connectivity index (χ4n) is 2.12. The molecule has 116 valence electrons. The summed E-state index contributed by atoms with van der Waals surface area (Å²) in [7, 11) is 0. The zero-order valence-electron chi connectivity index (χ0n) is 13.1. The second-order valence-corrected chi connectivity index (χ2v) is 6.07. The quantitative estimate of drug-likeness (QED) is 0.830. The molecule has 2 N–H and O–H groups in total. The Bertz CT molecular complexity index is 651. The summed E-state index contributed by atoms with van der Waals surface area (Å²) in [5.74, 6) is 0.397. The van der Waals surface area contributed by atoms with Gasteiger partial charge >= 0.3 is 0 Å². The Labute approximate surface area is 136 Å². The number of amides is 1. The van der Waals surface area contributed by atoms with Crippen LogP contribution in [0.15, 0.2) is 42.5 Å². The average molecular weight is 317 g/mol. The number of carbonyl (C=O) groups excluding carboxylic acids is 1. The third kappa shape index (κ3) is 4.50. The standard InChI is InChI=1S/C18H21ClN2O/c1-12(2)14-5-8-16(9-6-14)21-18(22)11-20-17-10-15(19)7-4-13(17)3/h4-10,12,20H,11H2,1-3H3,(H,21,22). The number of hydrogen-bond acceptors (Lipinski definition) is 2. The highest BCUT2D eigenvalue weighted by Gasteiger charge is 2.05. The van der Waals surface area contributed by atoms with Crippen LogP contribution in [0.2, 0.25) is 5.02 Å². The number of hydrogen-bond donors (Lipinski definition) is 2. The van der Waals surface area contributed by atoms with Crippen molar-refractivity contribution in [3.63, 3.8) is 0 Å². The monoisotopic (exact) mass is 316 g/mol. The number of aryl methyl sites for hydroxylation is 1. The van der Waals surface area contributed by atoms with Crippen LogP contribution in [0.3, 0.4) is 0 Å². The predicted octanol–water partition coefficient (Wildman–Crippen LogP) is 4.82. The maximum Gasteiger partial charge on any atom is 0.243 e. The van der Waals surface area contributed by atoms with Gasteiger partial charge in [-0.3, -0.25) is 4.79 Å². The molecule has 2 rings (SSSR count). The lowest BCUT2D eigenvalue weighted by molar-refractivity contribution is -0.114. The van der Waals surface area contributed by atoms with E-state index in [2.05, 4.69) is 24.5 Å². The Morgan fingerprint density at radius 1 is 1.14 bits per heavy atom. The van der Waals surface area contributed by atoms with Gasteiger partial charge in [0.25, 0.3) is 0 Å². The molecule has 0 bridgehead atoms. The second kappa shape index (κ2) is 7.32. The van der Waals surface area contributed by atoms with Crippen LogP contribution in [0.25, 0.3) is 0 Å². The number of anilines is 2. The molecule has 1 amide bonds. The fourth-order valence-corrected chi connectivity index (χ4v) is 2.29. The first-order valence-electron chi connectivity index (χ1n) is 7.35. The summed E-state index contributed by atoms with van der Waals surface area (Å²) in [5.41, 5.74) is 3.99. The number of halogens is 1. The van der Waals surface area contributed by atoms with Crippen molar-refractivity contribution in [2.75, 3.05) is 17.2 Å². The van der Waals surface area contributed by atoms with E-state index >= 15 is 0 Å². The van der Waals surface area contributed by atoms with E-state index in [1.807, 2.05) is 49.4 Å². The molecule has 0 aromatic heterocycles. The molecule has 0 heterocycles. The van der Waals surface area contributed by atoms with Gasteiger partial charge < -0.3 is 10.6 Å². The first-order valence-corrected chi connectivity index (χ1v) is 7.73. The molecular formula is C18H21ClN2O. The molecule has 0 fully saturated rings. The van der Waals surface area contributed by atoms with Gasteiger partial charge in [-0.2, -0.15) is 0 Å². The summed E-state index contributed by atoms with van der Waals surface area (Å²) in [5, 5.41) is 6.64. The summed E-state index contributed by atoms with van der Waals surface area (Å²) in [6.45, 7) is 6.46. The molecule has 0 aliphatic heterocycles. The minimum absolute atomic E-state index is 0.0864. The summed E-state index contributed by atoms with van der Waals surface area (Å²) in [4.78, 5) is 12.0. The van der Waals surface area contributed by atoms with Crippen molar-refractivity contribution in [1.29, 1.82) is 0 Å². The summed E-state index contributed by atoms with van der Waals surface area (Å²) < 4.78 is 0. The van der Waals surface area contributed by atoms with Crippen molar-refractivity contribution in [1.82, 2.24) is 0 Å². The Kier molecular flexibility index (Phi) is 5.45. The topological polar surface area (TPSA) is 41.1 Å². The van der Waals surface area contributed by atoms with E-state index in [9.17, 15) is 4.79 Å². The summed E-state index contributed by atoms with van der Waals surface area (Å²) in [6.07, 6.45) is 0. The van der Waals surface area contributed by atoms with Crippen molar-refractivity contribution in [3.8, 4) is 0 Å². The minimum Gasteiger partial charge on any atom is -0.376 e. The smallest absolute Gasteiger partial charge is 0.243 e. The molecule has 0 saturated carbocycles. The van der Waals surface area contributed by atoms with Crippen molar-refractivity contribution in [2.45, 2.75) is 26.7 Å². The van der Waals surface area contributed by atoms with Crippen LogP contribution in [0.1, 0.15) is 30.9 Å². The molecule has 3 nitrogen and oxygen atoms in total. The van der Waals surface area contributed by atoms with Crippen LogP contribution in [-0.2, 0) is 4.79 Å². The van der Waals surface area contributed by atoms with Gasteiger partial charge in [0.05, 0.1) is 6.54 Å². The summed E-state index contributed by atoms with van der Waals surface area (Å²) in [6, 6.07) is 13.5. The normalized spacial score (nSPS) is 10.6. The van der Waals surface area contributed by atoms with Gasteiger partial charge in [0.1, 0.15) is 0 Å². The number of rotatable bonds is 5. The van der Waals surface area contributed by atoms with Crippen LogP contribution in [0.4, 0.5) is 11.4 Å². The number of carbonyl (C=O) groups is 1. The molecule has 0 aliphatic carbocycles. The van der Waals surface area contributed by atoms with E-state index in [-0.39, 0.29) is 12.5 Å². The van der Waals surface area contributed by atoms with Crippen molar-refractivity contribution >= 4 is 28.9 Å². The molecule has 0 saturated heterocycles. The van der Waals surface area contributed by atoms with Gasteiger partial charge in [-0.25, -0.2) is 0 Å². The molecule has 0 aliphatic rings. The van der Waals surface area contributed by atoms with Crippen LogP contribution < -0.4 is 10.6 Å². The molecule has 0 radical (unpaired) electrons. The van der Waals surface area contributed by atoms with Gasteiger partial charge in [-0.1, -0.05) is 43.6 Å². The highest BCUT2D eigenvalue weighted by molar-refractivity contribution is 6.30. The van der Waals surface area contributed by atoms with Crippen LogP contribution in [0, 0.1) is 6.92 Å². The first kappa shape index (κ1) is 16.4. The Morgan fingerprint density at radius 3 is 2.45 bits per heavy atom. The van der Waals surface area contributed by atoms with Gasteiger partial charge in [0.15, 0.2) is 0 Å². The van der Waals surface area contributed by atoms with E-state index in [0.29, 0.717) is 10.9 Å². The lowest BCUT2D eigenvalue weighted by Crippen LogP contribution is -2.22. The van der Waals surface area contributed by atoms with E-state index in [4.69, 9.17) is 11.6 Å². The minimum atomic E-state index is -0.0864. The summed E-state index contributed by atoms with van der Waals surface area (Å²) >= 11 is 5.96. The van der Waals surface area contributed by atoms with Gasteiger partial charge in [0.2, 0.25) is 5.91 Å². The van der Waals surface area contributed by atoms with Crippen molar-refractivity contribution in [3.05, 3.63) is 58.6 Å². The highest BCUT2D eigenvalue weighted by Crippen LogP contribution is 2.20. The Hall–Kier alpha value is -2.00. The third-order valence-corrected chi connectivity index (χ3v) is 3.74. The molecule has 0 atom stereocenters.